The molecule has 4 rings (SSSR count). The molecule has 2 atom stereocenters. The molecule has 1 aliphatic rings. The standard InChI is InChI=1S/C16H16ClN7O2/c17-11-8-18-15(20-9-1-2-10(7-9)21-16(25)26)23-14(11)12-4-6-24-13(22-12)3-5-19-24/h3-6,8-10,21H,1-2,7H2,(H,25,26)(H,18,20,23)/t9-,10-/m0/s1. The first-order chi connectivity index (χ1) is 12.6. The van der Waals surface area contributed by atoms with Gasteiger partial charge in [-0.15, -0.1) is 0 Å². The molecule has 134 valence electrons. The van der Waals surface area contributed by atoms with Gasteiger partial charge in [-0.2, -0.15) is 5.10 Å². The first-order valence-electron chi connectivity index (χ1n) is 8.18. The van der Waals surface area contributed by atoms with Gasteiger partial charge in [-0.3, -0.25) is 0 Å². The molecule has 1 aliphatic carbocycles. The second-order valence-electron chi connectivity index (χ2n) is 6.14. The Balaban J connectivity index is 1.54. The van der Waals surface area contributed by atoms with E-state index >= 15 is 0 Å². The van der Waals surface area contributed by atoms with E-state index in [1.807, 2.05) is 0 Å². The minimum atomic E-state index is -0.998. The lowest BCUT2D eigenvalue weighted by molar-refractivity contribution is 0.190. The molecule has 0 radical (unpaired) electrons. The fraction of sp³-hybridized carbons (Fsp3) is 0.312. The molecule has 3 N–H and O–H groups in total. The number of hydrogen-bond donors (Lipinski definition) is 3. The second kappa shape index (κ2) is 6.75. The van der Waals surface area contributed by atoms with E-state index in [1.165, 1.54) is 6.20 Å². The number of fused-ring (bicyclic) bond motifs is 1. The third kappa shape index (κ3) is 3.38. The van der Waals surface area contributed by atoms with Crippen molar-refractivity contribution in [2.45, 2.75) is 31.3 Å². The molecule has 9 nitrogen and oxygen atoms in total. The molecule has 26 heavy (non-hydrogen) atoms. The maximum atomic E-state index is 10.7. The SMILES string of the molecule is O=C(O)N[C@H]1CC[C@H](Nc2ncc(Cl)c(-c3ccn4nccc4n3)n2)C1. The first-order valence-corrected chi connectivity index (χ1v) is 8.55. The lowest BCUT2D eigenvalue weighted by Crippen LogP contribution is -2.32. The zero-order chi connectivity index (χ0) is 18.1. The molecule has 1 fully saturated rings. The van der Waals surface area contributed by atoms with Gasteiger partial charge in [0.25, 0.3) is 0 Å². The number of anilines is 1. The molecule has 0 saturated heterocycles. The summed E-state index contributed by atoms with van der Waals surface area (Å²) < 4.78 is 1.66. The summed E-state index contributed by atoms with van der Waals surface area (Å²) in [5.74, 6) is 0.445. The van der Waals surface area contributed by atoms with Crippen molar-refractivity contribution >= 4 is 29.3 Å². The van der Waals surface area contributed by atoms with Gasteiger partial charge in [0.1, 0.15) is 5.69 Å². The number of aromatic nitrogens is 5. The van der Waals surface area contributed by atoms with E-state index in [2.05, 4.69) is 30.7 Å². The quantitative estimate of drug-likeness (QED) is 0.642. The highest BCUT2D eigenvalue weighted by Crippen LogP contribution is 2.27. The predicted octanol–water partition coefficient (Wildman–Crippen LogP) is 2.44. The van der Waals surface area contributed by atoms with Gasteiger partial charge >= 0.3 is 6.09 Å². The van der Waals surface area contributed by atoms with E-state index in [0.29, 0.717) is 34.4 Å². The number of amides is 1. The van der Waals surface area contributed by atoms with E-state index in [4.69, 9.17) is 16.7 Å². The molecule has 10 heteroatoms. The Kier molecular flexibility index (Phi) is 4.29. The van der Waals surface area contributed by atoms with Crippen LogP contribution in [0.1, 0.15) is 19.3 Å². The topological polar surface area (TPSA) is 117 Å². The van der Waals surface area contributed by atoms with Crippen molar-refractivity contribution < 1.29 is 9.90 Å². The fourth-order valence-corrected chi connectivity index (χ4v) is 3.35. The predicted molar refractivity (Wildman–Crippen MR) is 95.2 cm³/mol. The van der Waals surface area contributed by atoms with Gasteiger partial charge in [0.15, 0.2) is 5.65 Å². The van der Waals surface area contributed by atoms with Crippen LogP contribution < -0.4 is 10.6 Å². The largest absolute Gasteiger partial charge is 0.465 e. The summed E-state index contributed by atoms with van der Waals surface area (Å²) in [6.07, 6.45) is 6.31. The third-order valence-corrected chi connectivity index (χ3v) is 4.61. The van der Waals surface area contributed by atoms with E-state index in [1.54, 1.807) is 29.0 Å². The van der Waals surface area contributed by atoms with Crippen LogP contribution in [0.15, 0.2) is 30.7 Å². The summed E-state index contributed by atoms with van der Waals surface area (Å²) in [5.41, 5.74) is 1.86. The van der Waals surface area contributed by atoms with E-state index in [-0.39, 0.29) is 12.1 Å². The molecule has 3 heterocycles. The lowest BCUT2D eigenvalue weighted by atomic mass is 10.2. The monoisotopic (exact) mass is 373 g/mol. The lowest BCUT2D eigenvalue weighted by Gasteiger charge is -2.14. The van der Waals surface area contributed by atoms with Gasteiger partial charge in [-0.25, -0.2) is 24.3 Å². The summed E-state index contributed by atoms with van der Waals surface area (Å²) in [7, 11) is 0. The number of carboxylic acid groups (broad SMARTS) is 1. The molecule has 0 aromatic carbocycles. The summed E-state index contributed by atoms with van der Waals surface area (Å²) >= 11 is 6.26. The summed E-state index contributed by atoms with van der Waals surface area (Å²) in [6, 6.07) is 3.64. The molecule has 3 aromatic heterocycles. The molecular formula is C16H16ClN7O2. The molecule has 3 aromatic rings. The highest BCUT2D eigenvalue weighted by molar-refractivity contribution is 6.32. The van der Waals surface area contributed by atoms with Crippen molar-refractivity contribution in [1.29, 1.82) is 0 Å². The van der Waals surface area contributed by atoms with Gasteiger partial charge in [0.2, 0.25) is 5.95 Å². The number of rotatable bonds is 4. The summed E-state index contributed by atoms with van der Waals surface area (Å²) in [5, 5.41) is 19.1. The number of hydrogen-bond acceptors (Lipinski definition) is 6. The Morgan fingerprint density at radius 2 is 2.12 bits per heavy atom. The zero-order valence-electron chi connectivity index (χ0n) is 13.6. The van der Waals surface area contributed by atoms with E-state index < -0.39 is 6.09 Å². The van der Waals surface area contributed by atoms with Crippen LogP contribution in [0.4, 0.5) is 10.7 Å². The Bertz CT molecular complexity index is 961. The Morgan fingerprint density at radius 3 is 2.96 bits per heavy atom. The molecule has 1 saturated carbocycles. The highest BCUT2D eigenvalue weighted by atomic mass is 35.5. The molecule has 0 spiro atoms. The zero-order valence-corrected chi connectivity index (χ0v) is 14.4. The van der Waals surface area contributed by atoms with Gasteiger partial charge in [0.05, 0.1) is 23.1 Å². The van der Waals surface area contributed by atoms with Crippen molar-refractivity contribution in [3.05, 3.63) is 35.7 Å². The van der Waals surface area contributed by atoms with E-state index in [0.717, 1.165) is 12.8 Å². The first kappa shape index (κ1) is 16.5. The molecule has 0 aliphatic heterocycles. The van der Waals surface area contributed by atoms with E-state index in [9.17, 15) is 4.79 Å². The van der Waals surface area contributed by atoms with Crippen LogP contribution in [0.3, 0.4) is 0 Å². The van der Waals surface area contributed by atoms with Crippen LogP contribution >= 0.6 is 11.6 Å². The van der Waals surface area contributed by atoms with Crippen LogP contribution in [-0.4, -0.2) is 47.8 Å². The van der Waals surface area contributed by atoms with Gasteiger partial charge in [0, 0.05) is 24.3 Å². The average Bonchev–Trinajstić information content (AvgIpc) is 3.24. The highest BCUT2D eigenvalue weighted by Gasteiger charge is 2.26. The van der Waals surface area contributed by atoms with Crippen LogP contribution in [0.2, 0.25) is 5.02 Å². The summed E-state index contributed by atoms with van der Waals surface area (Å²) in [4.78, 5) is 24.0. The van der Waals surface area contributed by atoms with Gasteiger partial charge < -0.3 is 15.7 Å². The minimum absolute atomic E-state index is 0.0530. The normalized spacial score (nSPS) is 19.6. The third-order valence-electron chi connectivity index (χ3n) is 4.34. The molecule has 1 amide bonds. The number of carbonyl (C=O) groups is 1. The average molecular weight is 374 g/mol. The van der Waals surface area contributed by atoms with Crippen molar-refractivity contribution in [3.63, 3.8) is 0 Å². The molecule has 0 unspecified atom stereocenters. The Morgan fingerprint density at radius 1 is 1.27 bits per heavy atom. The number of halogens is 1. The minimum Gasteiger partial charge on any atom is -0.465 e. The Hall–Kier alpha value is -2.94. The van der Waals surface area contributed by atoms with Crippen LogP contribution in [0, 0.1) is 0 Å². The maximum Gasteiger partial charge on any atom is 0.404 e. The van der Waals surface area contributed by atoms with Crippen molar-refractivity contribution in [2.24, 2.45) is 0 Å². The summed E-state index contributed by atoms with van der Waals surface area (Å²) in [6.45, 7) is 0. The Labute approximate surface area is 153 Å². The second-order valence-corrected chi connectivity index (χ2v) is 6.54. The number of nitrogens with one attached hydrogen (secondary N) is 2. The van der Waals surface area contributed by atoms with Gasteiger partial charge in [-0.05, 0) is 25.3 Å². The van der Waals surface area contributed by atoms with Crippen LogP contribution in [-0.2, 0) is 0 Å². The van der Waals surface area contributed by atoms with Crippen molar-refractivity contribution in [1.82, 2.24) is 29.9 Å². The maximum absolute atomic E-state index is 10.7. The van der Waals surface area contributed by atoms with Crippen molar-refractivity contribution in [2.75, 3.05) is 5.32 Å². The van der Waals surface area contributed by atoms with Crippen LogP contribution in [0.5, 0.6) is 0 Å². The fourth-order valence-electron chi connectivity index (χ4n) is 3.16. The number of nitrogens with zero attached hydrogens (tertiary/aromatic N) is 5. The van der Waals surface area contributed by atoms with Gasteiger partial charge in [-0.1, -0.05) is 11.6 Å². The smallest absolute Gasteiger partial charge is 0.404 e. The molecule has 0 bridgehead atoms. The van der Waals surface area contributed by atoms with Crippen molar-refractivity contribution in [3.8, 4) is 11.4 Å². The molecular weight excluding hydrogens is 358 g/mol. The van der Waals surface area contributed by atoms with Crippen LogP contribution in [0.25, 0.3) is 17.0 Å².